The number of piperidine rings is 1. The van der Waals surface area contributed by atoms with Crippen LogP contribution in [0.5, 0.6) is 0 Å². The quantitative estimate of drug-likeness (QED) is 0.621. The van der Waals surface area contributed by atoms with Crippen LogP contribution in [0.25, 0.3) is 0 Å². The van der Waals surface area contributed by atoms with Gasteiger partial charge in [-0.25, -0.2) is 0 Å². The molecule has 0 bridgehead atoms. The summed E-state index contributed by atoms with van der Waals surface area (Å²) in [6, 6.07) is 0. The van der Waals surface area contributed by atoms with Crippen LogP contribution < -0.4 is 0 Å². The highest BCUT2D eigenvalue weighted by Crippen LogP contribution is 2.28. The molecule has 0 spiro atoms. The SMILES string of the molecule is CCCN1CC[C@H]2OCC[C@H]2C1. The summed E-state index contributed by atoms with van der Waals surface area (Å²) in [4.78, 5) is 2.59. The zero-order chi connectivity index (χ0) is 8.39. The molecule has 2 aliphatic heterocycles. The lowest BCUT2D eigenvalue weighted by Gasteiger charge is -2.33. The summed E-state index contributed by atoms with van der Waals surface area (Å²) in [5.74, 6) is 0.852. The summed E-state index contributed by atoms with van der Waals surface area (Å²) in [6.45, 7) is 7.10. The fourth-order valence-corrected chi connectivity index (χ4v) is 2.47. The van der Waals surface area contributed by atoms with Gasteiger partial charge in [-0.1, -0.05) is 6.92 Å². The molecule has 2 saturated heterocycles. The molecule has 0 aromatic carbocycles. The average Bonchev–Trinajstić information content (AvgIpc) is 2.51. The monoisotopic (exact) mass is 169 g/mol. The molecular formula is C10H19NO. The van der Waals surface area contributed by atoms with Crippen molar-refractivity contribution in [3.63, 3.8) is 0 Å². The molecule has 2 atom stereocenters. The second-order valence-electron chi connectivity index (χ2n) is 4.05. The molecule has 0 amide bonds. The standard InChI is InChI=1S/C10H19NO/c1-2-5-11-6-3-10-9(8-11)4-7-12-10/h9-10H,2-8H2,1H3/t9-,10+/m0/s1. The Morgan fingerprint density at radius 1 is 1.42 bits per heavy atom. The van der Waals surface area contributed by atoms with Crippen LogP contribution in [-0.4, -0.2) is 37.2 Å². The Hall–Kier alpha value is -0.0800. The van der Waals surface area contributed by atoms with Gasteiger partial charge in [-0.15, -0.1) is 0 Å². The molecule has 0 unspecified atom stereocenters. The van der Waals surface area contributed by atoms with Gasteiger partial charge in [-0.3, -0.25) is 0 Å². The zero-order valence-corrected chi connectivity index (χ0v) is 7.96. The van der Waals surface area contributed by atoms with Crippen molar-refractivity contribution in [2.45, 2.75) is 32.3 Å². The maximum absolute atomic E-state index is 5.66. The van der Waals surface area contributed by atoms with Crippen LogP contribution in [0.4, 0.5) is 0 Å². The molecule has 12 heavy (non-hydrogen) atoms. The second-order valence-corrected chi connectivity index (χ2v) is 4.05. The smallest absolute Gasteiger partial charge is 0.0628 e. The Balaban J connectivity index is 1.84. The van der Waals surface area contributed by atoms with E-state index in [0.29, 0.717) is 6.10 Å². The number of likely N-dealkylation sites (tertiary alicyclic amines) is 1. The molecule has 2 heteroatoms. The number of fused-ring (bicyclic) bond motifs is 1. The number of hydrogen-bond acceptors (Lipinski definition) is 2. The first kappa shape index (κ1) is 8.52. The molecule has 70 valence electrons. The maximum atomic E-state index is 5.66. The third kappa shape index (κ3) is 1.64. The number of hydrogen-bond donors (Lipinski definition) is 0. The molecule has 2 aliphatic rings. The molecule has 0 saturated carbocycles. The topological polar surface area (TPSA) is 12.5 Å². The first-order valence-electron chi connectivity index (χ1n) is 5.24. The van der Waals surface area contributed by atoms with E-state index in [4.69, 9.17) is 4.74 Å². The van der Waals surface area contributed by atoms with Crippen LogP contribution in [0, 0.1) is 5.92 Å². The third-order valence-corrected chi connectivity index (χ3v) is 3.11. The van der Waals surface area contributed by atoms with E-state index < -0.39 is 0 Å². The van der Waals surface area contributed by atoms with E-state index in [2.05, 4.69) is 11.8 Å². The minimum Gasteiger partial charge on any atom is -0.378 e. The van der Waals surface area contributed by atoms with E-state index in [1.54, 1.807) is 0 Å². The summed E-state index contributed by atoms with van der Waals surface area (Å²) in [5.41, 5.74) is 0. The van der Waals surface area contributed by atoms with Crippen LogP contribution in [0.2, 0.25) is 0 Å². The molecule has 2 rings (SSSR count). The van der Waals surface area contributed by atoms with Crippen LogP contribution in [0.3, 0.4) is 0 Å². The largest absolute Gasteiger partial charge is 0.378 e. The number of ether oxygens (including phenoxy) is 1. The Bertz CT molecular complexity index is 149. The first-order chi connectivity index (χ1) is 5.90. The van der Waals surface area contributed by atoms with E-state index in [1.165, 1.54) is 38.9 Å². The molecule has 2 fully saturated rings. The van der Waals surface area contributed by atoms with E-state index in [1.807, 2.05) is 0 Å². The van der Waals surface area contributed by atoms with Crippen molar-refractivity contribution in [3.8, 4) is 0 Å². The van der Waals surface area contributed by atoms with Gasteiger partial charge in [0.2, 0.25) is 0 Å². The van der Waals surface area contributed by atoms with Crippen LogP contribution in [0.1, 0.15) is 26.2 Å². The molecule has 2 nitrogen and oxygen atoms in total. The van der Waals surface area contributed by atoms with Gasteiger partial charge in [0.05, 0.1) is 6.10 Å². The minimum atomic E-state index is 0.609. The van der Waals surface area contributed by atoms with Crippen LogP contribution in [-0.2, 0) is 4.74 Å². The van der Waals surface area contributed by atoms with Gasteiger partial charge in [0, 0.05) is 25.6 Å². The third-order valence-electron chi connectivity index (χ3n) is 3.11. The van der Waals surface area contributed by atoms with Crippen molar-refractivity contribution in [1.82, 2.24) is 4.90 Å². The van der Waals surface area contributed by atoms with Crippen molar-refractivity contribution >= 4 is 0 Å². The molecule has 0 N–H and O–H groups in total. The Labute approximate surface area is 74.9 Å². The lowest BCUT2D eigenvalue weighted by atomic mass is 9.94. The van der Waals surface area contributed by atoms with Crippen LogP contribution >= 0.6 is 0 Å². The lowest BCUT2D eigenvalue weighted by molar-refractivity contribution is 0.0353. The normalized spacial score (nSPS) is 36.8. The summed E-state index contributed by atoms with van der Waals surface area (Å²) in [5, 5.41) is 0. The van der Waals surface area contributed by atoms with E-state index in [9.17, 15) is 0 Å². The van der Waals surface area contributed by atoms with E-state index >= 15 is 0 Å². The van der Waals surface area contributed by atoms with Gasteiger partial charge >= 0.3 is 0 Å². The van der Waals surface area contributed by atoms with E-state index in [-0.39, 0.29) is 0 Å². The number of rotatable bonds is 2. The van der Waals surface area contributed by atoms with Gasteiger partial charge in [0.25, 0.3) is 0 Å². The maximum Gasteiger partial charge on any atom is 0.0628 e. The van der Waals surface area contributed by atoms with Crippen molar-refractivity contribution in [1.29, 1.82) is 0 Å². The van der Waals surface area contributed by atoms with Crippen molar-refractivity contribution in [3.05, 3.63) is 0 Å². The molecular weight excluding hydrogens is 150 g/mol. The van der Waals surface area contributed by atoms with Crippen molar-refractivity contribution < 1.29 is 4.74 Å². The Morgan fingerprint density at radius 3 is 3.17 bits per heavy atom. The highest BCUT2D eigenvalue weighted by atomic mass is 16.5. The molecule has 0 aromatic rings. The predicted octanol–water partition coefficient (Wildman–Crippen LogP) is 1.51. The first-order valence-corrected chi connectivity index (χ1v) is 5.24. The van der Waals surface area contributed by atoms with Crippen LogP contribution in [0.15, 0.2) is 0 Å². The summed E-state index contributed by atoms with van der Waals surface area (Å²) in [7, 11) is 0. The molecule has 0 aliphatic carbocycles. The Kier molecular flexibility index (Phi) is 2.66. The summed E-state index contributed by atoms with van der Waals surface area (Å²) in [6.07, 6.45) is 4.46. The van der Waals surface area contributed by atoms with Crippen molar-refractivity contribution in [2.24, 2.45) is 5.92 Å². The molecule has 0 radical (unpaired) electrons. The number of nitrogens with zero attached hydrogens (tertiary/aromatic N) is 1. The van der Waals surface area contributed by atoms with Crippen molar-refractivity contribution in [2.75, 3.05) is 26.2 Å². The lowest BCUT2D eigenvalue weighted by Crippen LogP contribution is -2.41. The summed E-state index contributed by atoms with van der Waals surface area (Å²) < 4.78 is 5.66. The highest BCUT2D eigenvalue weighted by molar-refractivity contribution is 4.84. The van der Waals surface area contributed by atoms with Gasteiger partial charge in [0.1, 0.15) is 0 Å². The average molecular weight is 169 g/mol. The van der Waals surface area contributed by atoms with E-state index in [0.717, 1.165) is 12.5 Å². The predicted molar refractivity (Wildman–Crippen MR) is 49.2 cm³/mol. The molecule has 2 heterocycles. The Morgan fingerprint density at radius 2 is 2.33 bits per heavy atom. The second kappa shape index (κ2) is 3.75. The van der Waals surface area contributed by atoms with Gasteiger partial charge in [-0.2, -0.15) is 0 Å². The van der Waals surface area contributed by atoms with Gasteiger partial charge in [0.15, 0.2) is 0 Å². The minimum absolute atomic E-state index is 0.609. The summed E-state index contributed by atoms with van der Waals surface area (Å²) >= 11 is 0. The molecule has 0 aromatic heterocycles. The van der Waals surface area contributed by atoms with Gasteiger partial charge in [-0.05, 0) is 25.8 Å². The highest BCUT2D eigenvalue weighted by Gasteiger charge is 2.33. The fourth-order valence-electron chi connectivity index (χ4n) is 2.47. The zero-order valence-electron chi connectivity index (χ0n) is 7.96. The van der Waals surface area contributed by atoms with Gasteiger partial charge < -0.3 is 9.64 Å². The fraction of sp³-hybridized carbons (Fsp3) is 1.00.